The van der Waals surface area contributed by atoms with Crippen molar-refractivity contribution >= 4 is 50.8 Å². The molecule has 0 saturated heterocycles. The number of hydrogen-bond acceptors (Lipinski definition) is 4. The maximum atomic E-state index is 13.5. The Morgan fingerprint density at radius 3 is 2.62 bits per heavy atom. The molecule has 0 N–H and O–H groups in total. The molecular formula is C23H18N2OS3. The van der Waals surface area contributed by atoms with Gasteiger partial charge in [0.1, 0.15) is 10.3 Å². The second kappa shape index (κ2) is 7.06. The third-order valence-corrected chi connectivity index (χ3v) is 7.54. The van der Waals surface area contributed by atoms with Crippen molar-refractivity contribution in [2.75, 3.05) is 0 Å². The number of rotatable bonds is 3. The molecule has 2 aromatic carbocycles. The highest BCUT2D eigenvalue weighted by atomic mass is 32.1. The van der Waals surface area contributed by atoms with Crippen molar-refractivity contribution in [1.82, 2.24) is 8.97 Å². The van der Waals surface area contributed by atoms with Gasteiger partial charge in [-0.15, -0.1) is 22.7 Å². The van der Waals surface area contributed by atoms with Crippen LogP contribution in [-0.2, 0) is 6.54 Å². The zero-order chi connectivity index (χ0) is 20.1. The van der Waals surface area contributed by atoms with Gasteiger partial charge in [0.2, 0.25) is 0 Å². The molecule has 0 spiro atoms. The molecule has 0 radical (unpaired) electrons. The third kappa shape index (κ3) is 2.99. The Kier molecular flexibility index (Phi) is 4.50. The predicted molar refractivity (Wildman–Crippen MR) is 126 cm³/mol. The van der Waals surface area contributed by atoms with Crippen LogP contribution in [0.4, 0.5) is 0 Å². The molecule has 3 nitrogen and oxygen atoms in total. The summed E-state index contributed by atoms with van der Waals surface area (Å²) in [6.45, 7) is 4.70. The zero-order valence-corrected chi connectivity index (χ0v) is 18.5. The summed E-state index contributed by atoms with van der Waals surface area (Å²) in [5, 5.41) is 1.97. The molecule has 0 aliphatic heterocycles. The van der Waals surface area contributed by atoms with Gasteiger partial charge in [-0.1, -0.05) is 54.1 Å². The van der Waals surface area contributed by atoms with Gasteiger partial charge in [-0.3, -0.25) is 13.8 Å². The minimum Gasteiger partial charge on any atom is -0.287 e. The highest BCUT2D eigenvalue weighted by molar-refractivity contribution is 7.73. The van der Waals surface area contributed by atoms with Gasteiger partial charge in [-0.25, -0.2) is 0 Å². The summed E-state index contributed by atoms with van der Waals surface area (Å²) >= 11 is 8.79. The topological polar surface area (TPSA) is 26.4 Å². The standard InChI is InChI=1S/C23H18N2OS3/c1-14-8-9-15(2)17(12-14)13-24-21-19(16-6-4-3-5-7-16)29-23(27)25(21)18-10-11-28-20(18)22(24)26/h3-12H,13H2,1-2H3. The van der Waals surface area contributed by atoms with E-state index in [1.54, 1.807) is 11.3 Å². The first-order chi connectivity index (χ1) is 14.0. The van der Waals surface area contributed by atoms with E-state index >= 15 is 0 Å². The molecule has 0 saturated carbocycles. The van der Waals surface area contributed by atoms with Gasteiger partial charge in [0, 0.05) is 0 Å². The average Bonchev–Trinajstić information content (AvgIpc) is 3.33. The van der Waals surface area contributed by atoms with Crippen LogP contribution in [0.3, 0.4) is 0 Å². The molecule has 0 bridgehead atoms. The van der Waals surface area contributed by atoms with Gasteiger partial charge in [-0.2, -0.15) is 0 Å². The summed E-state index contributed by atoms with van der Waals surface area (Å²) in [5.74, 6) is 0. The fourth-order valence-electron chi connectivity index (χ4n) is 3.74. The van der Waals surface area contributed by atoms with Crippen LogP contribution in [0.25, 0.3) is 26.3 Å². The fourth-order valence-corrected chi connectivity index (χ4v) is 6.00. The normalized spacial score (nSPS) is 11.5. The predicted octanol–water partition coefficient (Wildman–Crippen LogP) is 6.44. The van der Waals surface area contributed by atoms with E-state index in [2.05, 4.69) is 48.6 Å². The largest absolute Gasteiger partial charge is 0.287 e. The van der Waals surface area contributed by atoms with Gasteiger partial charge in [0.15, 0.2) is 3.95 Å². The van der Waals surface area contributed by atoms with Crippen LogP contribution in [0.1, 0.15) is 16.7 Å². The lowest BCUT2D eigenvalue weighted by Crippen LogP contribution is -2.23. The first-order valence-electron chi connectivity index (χ1n) is 9.31. The lowest BCUT2D eigenvalue weighted by Gasteiger charge is -2.14. The molecule has 3 heterocycles. The minimum atomic E-state index is 0.0425. The molecule has 0 atom stereocenters. The maximum absolute atomic E-state index is 13.5. The summed E-state index contributed by atoms with van der Waals surface area (Å²) < 4.78 is 5.48. The molecule has 29 heavy (non-hydrogen) atoms. The van der Waals surface area contributed by atoms with Gasteiger partial charge in [0.05, 0.1) is 16.9 Å². The smallest absolute Gasteiger partial charge is 0.271 e. The Hall–Kier alpha value is -2.54. The van der Waals surface area contributed by atoms with E-state index in [0.717, 1.165) is 35.8 Å². The Balaban J connectivity index is 1.90. The second-order valence-corrected chi connectivity index (χ2v) is 9.74. The SMILES string of the molecule is Cc1ccc(C)c(Cn2c(=O)c3sccc3n3c(=S)sc(-c4ccccc4)c23)c1. The molecule has 144 valence electrons. The van der Waals surface area contributed by atoms with Gasteiger partial charge < -0.3 is 0 Å². The molecule has 0 unspecified atom stereocenters. The summed E-state index contributed by atoms with van der Waals surface area (Å²) in [6, 6.07) is 18.6. The molecule has 6 heteroatoms. The van der Waals surface area contributed by atoms with Crippen LogP contribution in [0.15, 0.2) is 64.8 Å². The van der Waals surface area contributed by atoms with Crippen molar-refractivity contribution < 1.29 is 0 Å². The number of aromatic nitrogens is 2. The molecule has 3 aromatic heterocycles. The second-order valence-electron chi connectivity index (χ2n) is 7.18. The van der Waals surface area contributed by atoms with E-state index in [1.807, 2.05) is 34.2 Å². The summed E-state index contributed by atoms with van der Waals surface area (Å²) in [6.07, 6.45) is 0. The van der Waals surface area contributed by atoms with Crippen molar-refractivity contribution in [2.24, 2.45) is 0 Å². The van der Waals surface area contributed by atoms with E-state index in [1.165, 1.54) is 22.5 Å². The van der Waals surface area contributed by atoms with E-state index in [-0.39, 0.29) is 5.56 Å². The number of hydrogen-bond donors (Lipinski definition) is 0. The van der Waals surface area contributed by atoms with Crippen molar-refractivity contribution in [3.05, 3.63) is 91.0 Å². The zero-order valence-electron chi connectivity index (χ0n) is 16.0. The van der Waals surface area contributed by atoms with Crippen LogP contribution in [0.2, 0.25) is 0 Å². The number of thiazole rings is 1. The van der Waals surface area contributed by atoms with Crippen molar-refractivity contribution in [3.8, 4) is 10.4 Å². The van der Waals surface area contributed by atoms with Gasteiger partial charge in [-0.05, 0) is 54.2 Å². The van der Waals surface area contributed by atoms with E-state index < -0.39 is 0 Å². The number of benzene rings is 2. The lowest BCUT2D eigenvalue weighted by atomic mass is 10.1. The molecule has 0 fully saturated rings. The Bertz CT molecular complexity index is 1490. The van der Waals surface area contributed by atoms with Crippen LogP contribution in [0, 0.1) is 17.8 Å². The molecule has 0 aliphatic rings. The summed E-state index contributed by atoms with van der Waals surface area (Å²) in [5.41, 5.74) is 6.43. The molecule has 5 rings (SSSR count). The van der Waals surface area contributed by atoms with Crippen LogP contribution in [-0.4, -0.2) is 8.97 Å². The van der Waals surface area contributed by atoms with Crippen LogP contribution < -0.4 is 5.56 Å². The first kappa shape index (κ1) is 18.5. The monoisotopic (exact) mass is 434 g/mol. The van der Waals surface area contributed by atoms with Crippen LogP contribution >= 0.6 is 34.9 Å². The van der Waals surface area contributed by atoms with Gasteiger partial charge >= 0.3 is 0 Å². The highest BCUT2D eigenvalue weighted by Gasteiger charge is 2.19. The quantitative estimate of drug-likeness (QED) is 0.306. The Labute approximate surface area is 181 Å². The minimum absolute atomic E-state index is 0.0425. The van der Waals surface area contributed by atoms with Crippen LogP contribution in [0.5, 0.6) is 0 Å². The Morgan fingerprint density at radius 2 is 1.83 bits per heavy atom. The third-order valence-electron chi connectivity index (χ3n) is 5.24. The van der Waals surface area contributed by atoms with Crippen molar-refractivity contribution in [3.63, 3.8) is 0 Å². The maximum Gasteiger partial charge on any atom is 0.271 e. The Morgan fingerprint density at radius 1 is 1.03 bits per heavy atom. The van der Waals surface area contributed by atoms with Gasteiger partial charge in [0.25, 0.3) is 5.56 Å². The first-order valence-corrected chi connectivity index (χ1v) is 11.4. The van der Waals surface area contributed by atoms with Crippen molar-refractivity contribution in [1.29, 1.82) is 0 Å². The molecule has 0 amide bonds. The number of thiophene rings is 1. The molecule has 5 aromatic rings. The van der Waals surface area contributed by atoms with E-state index in [0.29, 0.717) is 6.54 Å². The number of aryl methyl sites for hydroxylation is 2. The van der Waals surface area contributed by atoms with E-state index in [4.69, 9.17) is 12.2 Å². The fraction of sp³-hybridized carbons (Fsp3) is 0.130. The summed E-state index contributed by atoms with van der Waals surface area (Å²) in [7, 11) is 0. The van der Waals surface area contributed by atoms with Crippen molar-refractivity contribution in [2.45, 2.75) is 20.4 Å². The summed E-state index contributed by atoms with van der Waals surface area (Å²) in [4.78, 5) is 14.6. The molecule has 0 aliphatic carbocycles. The average molecular weight is 435 g/mol. The number of nitrogens with zero attached hydrogens (tertiary/aromatic N) is 2. The highest BCUT2D eigenvalue weighted by Crippen LogP contribution is 2.34. The molecular weight excluding hydrogens is 416 g/mol. The number of fused-ring (bicyclic) bond motifs is 3. The van der Waals surface area contributed by atoms with E-state index in [9.17, 15) is 4.79 Å². The lowest BCUT2D eigenvalue weighted by molar-refractivity contribution is 0.777.